The number of guanidine groups is 1. The van der Waals surface area contributed by atoms with Gasteiger partial charge in [-0.3, -0.25) is 0 Å². The number of rotatable bonds is 1. The fourth-order valence-corrected chi connectivity index (χ4v) is 0.300. The standard InChI is InChI=1S/C2HN5O2/c8-7(9)6-2-3-1-4-5-2/h1H. The molecule has 1 aliphatic heterocycles. The number of nitro groups is 1. The van der Waals surface area contributed by atoms with Crippen LogP contribution in [0.1, 0.15) is 0 Å². The van der Waals surface area contributed by atoms with Crippen molar-refractivity contribution in [2.75, 3.05) is 0 Å². The highest BCUT2D eigenvalue weighted by molar-refractivity contribution is 5.90. The van der Waals surface area contributed by atoms with Gasteiger partial charge in [0.1, 0.15) is 11.4 Å². The molecule has 0 fully saturated rings. The summed E-state index contributed by atoms with van der Waals surface area (Å²) in [6.45, 7) is 0. The smallest absolute Gasteiger partial charge is 0.233 e. The van der Waals surface area contributed by atoms with Gasteiger partial charge < -0.3 is 0 Å². The topological polar surface area (TPSA) is 92.6 Å². The van der Waals surface area contributed by atoms with Gasteiger partial charge in [-0.15, -0.1) is 10.2 Å². The van der Waals surface area contributed by atoms with E-state index in [0.29, 0.717) is 0 Å². The van der Waals surface area contributed by atoms with Crippen molar-refractivity contribution in [2.45, 2.75) is 0 Å². The van der Waals surface area contributed by atoms with E-state index in [-0.39, 0.29) is 5.96 Å². The van der Waals surface area contributed by atoms with Gasteiger partial charge in [0.15, 0.2) is 5.03 Å². The molecule has 0 atom stereocenters. The van der Waals surface area contributed by atoms with E-state index in [2.05, 4.69) is 20.3 Å². The zero-order chi connectivity index (χ0) is 6.69. The Kier molecular flexibility index (Phi) is 1.26. The Morgan fingerprint density at radius 2 is 2.56 bits per heavy atom. The zero-order valence-electron chi connectivity index (χ0n) is 4.13. The number of azo groups is 1. The molecule has 0 aromatic rings. The first-order chi connectivity index (χ1) is 4.29. The average molecular weight is 127 g/mol. The van der Waals surface area contributed by atoms with Gasteiger partial charge in [0.25, 0.3) is 0 Å². The van der Waals surface area contributed by atoms with Crippen molar-refractivity contribution in [3.8, 4) is 0 Å². The van der Waals surface area contributed by atoms with Crippen molar-refractivity contribution in [3.63, 3.8) is 0 Å². The molecule has 0 unspecified atom stereocenters. The summed E-state index contributed by atoms with van der Waals surface area (Å²) in [7, 11) is 0. The van der Waals surface area contributed by atoms with Crippen LogP contribution in [0.4, 0.5) is 0 Å². The van der Waals surface area contributed by atoms with E-state index in [1.165, 1.54) is 0 Å². The van der Waals surface area contributed by atoms with Gasteiger partial charge in [-0.05, 0) is 0 Å². The molecule has 9 heavy (non-hydrogen) atoms. The van der Waals surface area contributed by atoms with Crippen molar-refractivity contribution in [3.05, 3.63) is 10.1 Å². The molecule has 1 heterocycles. The maximum absolute atomic E-state index is 9.60. The highest BCUT2D eigenvalue weighted by Gasteiger charge is 2.02. The molecule has 0 radical (unpaired) electrons. The van der Waals surface area contributed by atoms with Gasteiger partial charge in [0.05, 0.1) is 0 Å². The van der Waals surface area contributed by atoms with Crippen LogP contribution in [-0.4, -0.2) is 17.3 Å². The monoisotopic (exact) mass is 127 g/mol. The first kappa shape index (κ1) is 5.48. The Morgan fingerprint density at radius 3 is 3.00 bits per heavy atom. The molecule has 0 saturated heterocycles. The molecule has 0 aliphatic carbocycles. The number of hydrazone groups is 1. The first-order valence-corrected chi connectivity index (χ1v) is 1.95. The van der Waals surface area contributed by atoms with Crippen LogP contribution >= 0.6 is 0 Å². The van der Waals surface area contributed by atoms with Gasteiger partial charge in [-0.2, -0.15) is 4.99 Å². The van der Waals surface area contributed by atoms with Gasteiger partial charge >= 0.3 is 5.96 Å². The minimum atomic E-state index is -0.878. The minimum absolute atomic E-state index is 0.222. The second-order valence-electron chi connectivity index (χ2n) is 1.10. The van der Waals surface area contributed by atoms with Crippen LogP contribution in [0.3, 0.4) is 0 Å². The van der Waals surface area contributed by atoms with Gasteiger partial charge in [-0.1, -0.05) is 0 Å². The van der Waals surface area contributed by atoms with E-state index in [9.17, 15) is 10.1 Å². The van der Waals surface area contributed by atoms with Crippen LogP contribution in [0.5, 0.6) is 0 Å². The molecular formula is C2HN5O2. The molecular weight excluding hydrogens is 126 g/mol. The molecule has 7 nitrogen and oxygen atoms in total. The lowest BCUT2D eigenvalue weighted by Crippen LogP contribution is -1.91. The summed E-state index contributed by atoms with van der Waals surface area (Å²) in [6, 6.07) is 0. The van der Waals surface area contributed by atoms with Crippen molar-refractivity contribution < 1.29 is 5.03 Å². The van der Waals surface area contributed by atoms with Crippen LogP contribution in [0, 0.1) is 10.1 Å². The van der Waals surface area contributed by atoms with E-state index < -0.39 is 5.03 Å². The molecule has 0 spiro atoms. The van der Waals surface area contributed by atoms with Crippen LogP contribution in [-0.2, 0) is 0 Å². The fourth-order valence-electron chi connectivity index (χ4n) is 0.300. The van der Waals surface area contributed by atoms with Crippen molar-refractivity contribution >= 4 is 12.3 Å². The molecule has 1 aliphatic rings. The molecule has 0 amide bonds. The summed E-state index contributed by atoms with van der Waals surface area (Å²) in [5.41, 5.74) is 0. The van der Waals surface area contributed by atoms with Crippen molar-refractivity contribution in [1.29, 1.82) is 0 Å². The number of hydrogen-bond donors (Lipinski definition) is 0. The number of hydrogen-bond acceptors (Lipinski definition) is 3. The maximum atomic E-state index is 9.60. The quantitative estimate of drug-likeness (QED) is 0.367. The van der Waals surface area contributed by atoms with Crippen molar-refractivity contribution in [1.82, 2.24) is 0 Å². The molecule has 0 aromatic heterocycles. The molecule has 0 bridgehead atoms. The first-order valence-electron chi connectivity index (χ1n) is 1.95. The lowest BCUT2D eigenvalue weighted by atomic mass is 11.1. The van der Waals surface area contributed by atoms with E-state index >= 15 is 0 Å². The maximum Gasteiger partial charge on any atom is 0.341 e. The summed E-state index contributed by atoms with van der Waals surface area (Å²) in [5, 5.41) is 17.9. The predicted molar refractivity (Wildman–Crippen MR) is 27.8 cm³/mol. The summed E-state index contributed by atoms with van der Waals surface area (Å²) in [6.07, 6.45) is 1.09. The molecule has 7 heteroatoms. The van der Waals surface area contributed by atoms with Crippen molar-refractivity contribution in [2.24, 2.45) is 20.3 Å². The SMILES string of the molecule is O=[N+]([O-])N=C1N=CN=N1. The Bertz CT molecular complexity index is 201. The summed E-state index contributed by atoms with van der Waals surface area (Å²) in [4.78, 5) is 12.9. The van der Waals surface area contributed by atoms with Crippen LogP contribution in [0.2, 0.25) is 0 Å². The van der Waals surface area contributed by atoms with Gasteiger partial charge in [0.2, 0.25) is 0 Å². The zero-order valence-corrected chi connectivity index (χ0v) is 4.13. The largest absolute Gasteiger partial charge is 0.341 e. The molecule has 0 N–H and O–H groups in total. The number of aliphatic imine (C=N–C) groups is 1. The van der Waals surface area contributed by atoms with E-state index in [1.807, 2.05) is 0 Å². The summed E-state index contributed by atoms with van der Waals surface area (Å²) >= 11 is 0. The molecule has 1 rings (SSSR count). The summed E-state index contributed by atoms with van der Waals surface area (Å²) < 4.78 is 0. The van der Waals surface area contributed by atoms with E-state index in [1.54, 1.807) is 0 Å². The Morgan fingerprint density at radius 1 is 1.78 bits per heavy atom. The lowest BCUT2D eigenvalue weighted by Gasteiger charge is -1.73. The Balaban J connectivity index is 2.73. The van der Waals surface area contributed by atoms with E-state index in [4.69, 9.17) is 0 Å². The minimum Gasteiger partial charge on any atom is -0.233 e. The van der Waals surface area contributed by atoms with Gasteiger partial charge in [-0.25, -0.2) is 10.1 Å². The lowest BCUT2D eigenvalue weighted by molar-refractivity contribution is -0.485. The predicted octanol–water partition coefficient (Wildman–Crippen LogP) is 0.0282. The second kappa shape index (κ2) is 2.07. The Labute approximate surface area is 49.0 Å². The second-order valence-corrected chi connectivity index (χ2v) is 1.10. The third-order valence-corrected chi connectivity index (χ3v) is 0.543. The normalized spacial score (nSPS) is 19.3. The highest BCUT2D eigenvalue weighted by Crippen LogP contribution is 1.91. The third kappa shape index (κ3) is 1.37. The van der Waals surface area contributed by atoms with Crippen LogP contribution in [0.15, 0.2) is 20.3 Å². The molecule has 0 aromatic carbocycles. The van der Waals surface area contributed by atoms with Gasteiger partial charge in [0, 0.05) is 0 Å². The fraction of sp³-hybridized carbons (Fsp3) is 0. The third-order valence-electron chi connectivity index (χ3n) is 0.543. The Hall–Kier alpha value is -1.66. The van der Waals surface area contributed by atoms with E-state index in [0.717, 1.165) is 6.34 Å². The number of nitrogens with zero attached hydrogens (tertiary/aromatic N) is 5. The van der Waals surface area contributed by atoms with Crippen LogP contribution < -0.4 is 0 Å². The van der Waals surface area contributed by atoms with Crippen LogP contribution in [0.25, 0.3) is 0 Å². The highest BCUT2D eigenvalue weighted by atomic mass is 16.7. The molecule has 46 valence electrons. The summed E-state index contributed by atoms with van der Waals surface area (Å²) in [5.74, 6) is -0.222. The average Bonchev–Trinajstić information content (AvgIpc) is 2.15. The molecule has 0 saturated carbocycles.